The molecular formula is C53H94NO8P. The summed E-state index contributed by atoms with van der Waals surface area (Å²) in [6.45, 7) is 4.07. The molecule has 0 aromatic rings. The molecule has 0 aliphatic carbocycles. The Hall–Kier alpha value is -2.55. The lowest BCUT2D eigenvalue weighted by Crippen LogP contribution is -2.37. The number of allylic oxidation sites excluding steroid dienone is 12. The highest BCUT2D eigenvalue weighted by Gasteiger charge is 2.21. The van der Waals surface area contributed by atoms with Crippen LogP contribution >= 0.6 is 7.82 Å². The molecule has 0 aromatic heterocycles. The van der Waals surface area contributed by atoms with E-state index < -0.39 is 32.5 Å². The molecule has 0 saturated carbocycles. The number of quaternary nitrogens is 1. The minimum absolute atomic E-state index is 0.0353. The Morgan fingerprint density at radius 3 is 1.37 bits per heavy atom. The van der Waals surface area contributed by atoms with Crippen molar-refractivity contribution in [2.45, 2.75) is 206 Å². The molecule has 0 aliphatic heterocycles. The zero-order chi connectivity index (χ0) is 46.4. The van der Waals surface area contributed by atoms with Crippen LogP contribution in [0, 0.1) is 0 Å². The maximum Gasteiger partial charge on any atom is 0.306 e. The van der Waals surface area contributed by atoms with Crippen molar-refractivity contribution in [2.75, 3.05) is 47.5 Å². The van der Waals surface area contributed by atoms with Crippen molar-refractivity contribution in [2.24, 2.45) is 0 Å². The summed E-state index contributed by atoms with van der Waals surface area (Å²) in [7, 11) is 1.15. The predicted octanol–water partition coefficient (Wildman–Crippen LogP) is 14.3. The fourth-order valence-electron chi connectivity index (χ4n) is 6.56. The number of nitrogens with zero attached hydrogens (tertiary/aromatic N) is 1. The van der Waals surface area contributed by atoms with Crippen LogP contribution in [-0.4, -0.2) is 70.0 Å². The van der Waals surface area contributed by atoms with Gasteiger partial charge in [-0.1, -0.05) is 177 Å². The van der Waals surface area contributed by atoms with E-state index in [-0.39, 0.29) is 26.1 Å². The van der Waals surface area contributed by atoms with Gasteiger partial charge in [-0.3, -0.25) is 14.2 Å². The number of unbranched alkanes of at least 4 members (excludes halogenated alkanes) is 19. The van der Waals surface area contributed by atoms with Crippen LogP contribution < -0.4 is 4.89 Å². The number of hydrogen-bond donors (Lipinski definition) is 0. The predicted molar refractivity (Wildman–Crippen MR) is 263 cm³/mol. The average Bonchev–Trinajstić information content (AvgIpc) is 3.24. The summed E-state index contributed by atoms with van der Waals surface area (Å²) in [5, 5.41) is 0. The Bertz CT molecular complexity index is 1300. The average molecular weight is 904 g/mol. The maximum absolute atomic E-state index is 12.7. The molecule has 9 nitrogen and oxygen atoms in total. The summed E-state index contributed by atoms with van der Waals surface area (Å²) in [6, 6.07) is 0. The van der Waals surface area contributed by atoms with Crippen molar-refractivity contribution in [1.29, 1.82) is 0 Å². The molecule has 0 fully saturated rings. The van der Waals surface area contributed by atoms with Gasteiger partial charge in [-0.25, -0.2) is 0 Å². The van der Waals surface area contributed by atoms with Crippen LogP contribution in [0.15, 0.2) is 72.9 Å². The summed E-state index contributed by atoms with van der Waals surface area (Å²) in [5.41, 5.74) is 0. The van der Waals surface area contributed by atoms with Crippen LogP contribution in [0.2, 0.25) is 0 Å². The van der Waals surface area contributed by atoms with E-state index in [1.54, 1.807) is 0 Å². The third-order valence-corrected chi connectivity index (χ3v) is 11.4. The highest BCUT2D eigenvalue weighted by molar-refractivity contribution is 7.45. The normalized spacial score (nSPS) is 14.1. The van der Waals surface area contributed by atoms with Crippen LogP contribution in [0.3, 0.4) is 0 Å². The summed E-state index contributed by atoms with van der Waals surface area (Å²) < 4.78 is 34.0. The van der Waals surface area contributed by atoms with Crippen molar-refractivity contribution in [3.63, 3.8) is 0 Å². The molecule has 0 bridgehead atoms. The smallest absolute Gasteiger partial charge is 0.306 e. The quantitative estimate of drug-likeness (QED) is 0.0195. The van der Waals surface area contributed by atoms with E-state index in [0.29, 0.717) is 17.4 Å². The van der Waals surface area contributed by atoms with Gasteiger partial charge in [0.15, 0.2) is 6.10 Å². The standard InChI is InChI=1S/C53H94NO8P/c1-6-8-10-12-14-16-18-20-21-22-23-24-25-26-27-28-29-30-31-32-33-34-36-38-40-42-44-46-53(56)62-51(50-61-63(57,58)60-48-47-54(3,4)5)49-59-52(55)45-43-41-39-37-35-19-17-15-13-11-9-7-2/h8,10,14-17,20-21,23-24,26-27,51H,6-7,9,11-13,18-19,22,25,28-50H2,1-5H3/b10-8-,16-14-,17-15-,21-20-,24-23-,27-26-. The monoisotopic (exact) mass is 904 g/mol. The number of ether oxygens (including phenoxy) is 2. The van der Waals surface area contributed by atoms with E-state index in [1.165, 1.54) is 70.6 Å². The topological polar surface area (TPSA) is 111 Å². The van der Waals surface area contributed by atoms with Gasteiger partial charge < -0.3 is 27.9 Å². The van der Waals surface area contributed by atoms with Gasteiger partial charge in [-0.05, 0) is 83.5 Å². The zero-order valence-corrected chi connectivity index (χ0v) is 41.9. The molecule has 0 spiro atoms. The Balaban J connectivity index is 4.20. The molecule has 0 saturated heterocycles. The number of likely N-dealkylation sites (N-methyl/N-ethyl adjacent to an activating group) is 1. The zero-order valence-electron chi connectivity index (χ0n) is 41.0. The van der Waals surface area contributed by atoms with Crippen molar-refractivity contribution >= 4 is 19.8 Å². The van der Waals surface area contributed by atoms with Crippen molar-refractivity contribution in [3.8, 4) is 0 Å². The molecule has 2 unspecified atom stereocenters. The SMILES string of the molecule is CC/C=C\C/C=C\C/C=C\C/C=C\C/C=C\CCCCCCCCCCCCCC(=O)OC(COC(=O)CCCCCCC/C=C\CCCCC)COP(=O)([O-])OCC[N+](C)(C)C. The first kappa shape index (κ1) is 60.5. The van der Waals surface area contributed by atoms with Crippen LogP contribution in [0.4, 0.5) is 0 Å². The second-order valence-corrected chi connectivity index (χ2v) is 19.2. The number of phosphoric ester groups is 1. The number of rotatable bonds is 45. The molecule has 2 atom stereocenters. The molecule has 0 aliphatic rings. The number of esters is 2. The number of hydrogen-bond acceptors (Lipinski definition) is 8. The molecule has 10 heteroatoms. The first-order valence-electron chi connectivity index (χ1n) is 25.1. The van der Waals surface area contributed by atoms with Crippen LogP contribution in [0.25, 0.3) is 0 Å². The van der Waals surface area contributed by atoms with Gasteiger partial charge in [0.05, 0.1) is 27.7 Å². The molecule has 0 amide bonds. The van der Waals surface area contributed by atoms with Gasteiger partial charge in [-0.2, -0.15) is 0 Å². The fraction of sp³-hybridized carbons (Fsp3) is 0.736. The summed E-state index contributed by atoms with van der Waals surface area (Å²) >= 11 is 0. The summed E-state index contributed by atoms with van der Waals surface area (Å²) in [6.07, 6.45) is 56.5. The first-order chi connectivity index (χ1) is 30.5. The van der Waals surface area contributed by atoms with Crippen LogP contribution in [-0.2, 0) is 32.7 Å². The largest absolute Gasteiger partial charge is 0.756 e. The van der Waals surface area contributed by atoms with E-state index in [1.807, 2.05) is 21.1 Å². The highest BCUT2D eigenvalue weighted by Crippen LogP contribution is 2.38. The van der Waals surface area contributed by atoms with Crippen LogP contribution in [0.5, 0.6) is 0 Å². The Labute approximate surface area is 387 Å². The number of carbonyl (C=O) groups is 2. The third-order valence-electron chi connectivity index (χ3n) is 10.5. The summed E-state index contributed by atoms with van der Waals surface area (Å²) in [4.78, 5) is 37.6. The minimum Gasteiger partial charge on any atom is -0.756 e. The molecule has 63 heavy (non-hydrogen) atoms. The van der Waals surface area contributed by atoms with Crippen molar-refractivity contribution in [1.82, 2.24) is 0 Å². The number of phosphoric acid groups is 1. The maximum atomic E-state index is 12.7. The van der Waals surface area contributed by atoms with Crippen molar-refractivity contribution in [3.05, 3.63) is 72.9 Å². The Morgan fingerprint density at radius 1 is 0.508 bits per heavy atom. The minimum atomic E-state index is -4.63. The Morgan fingerprint density at radius 2 is 0.905 bits per heavy atom. The molecule has 364 valence electrons. The van der Waals surface area contributed by atoms with Gasteiger partial charge in [0, 0.05) is 12.8 Å². The van der Waals surface area contributed by atoms with Gasteiger partial charge >= 0.3 is 11.9 Å². The Kier molecular flexibility index (Phi) is 42.8. The van der Waals surface area contributed by atoms with Gasteiger partial charge in [-0.15, -0.1) is 0 Å². The fourth-order valence-corrected chi connectivity index (χ4v) is 7.29. The van der Waals surface area contributed by atoms with Gasteiger partial charge in [0.2, 0.25) is 0 Å². The molecule has 0 aromatic carbocycles. The second kappa shape index (κ2) is 44.6. The molecular weight excluding hydrogens is 810 g/mol. The number of carbonyl (C=O) groups excluding carboxylic acids is 2. The van der Waals surface area contributed by atoms with E-state index in [4.69, 9.17) is 18.5 Å². The molecule has 0 rings (SSSR count). The molecule has 0 N–H and O–H groups in total. The van der Waals surface area contributed by atoms with E-state index >= 15 is 0 Å². The van der Waals surface area contributed by atoms with E-state index in [2.05, 4.69) is 86.8 Å². The third kappa shape index (κ3) is 48.7. The summed E-state index contributed by atoms with van der Waals surface area (Å²) in [5.74, 6) is -0.851. The molecule has 0 heterocycles. The van der Waals surface area contributed by atoms with Gasteiger partial charge in [0.1, 0.15) is 19.8 Å². The van der Waals surface area contributed by atoms with E-state index in [9.17, 15) is 19.0 Å². The molecule has 0 radical (unpaired) electrons. The lowest BCUT2D eigenvalue weighted by atomic mass is 10.0. The van der Waals surface area contributed by atoms with Gasteiger partial charge in [0.25, 0.3) is 7.82 Å². The first-order valence-corrected chi connectivity index (χ1v) is 26.6. The highest BCUT2D eigenvalue weighted by atomic mass is 31.2. The lowest BCUT2D eigenvalue weighted by molar-refractivity contribution is -0.870. The lowest BCUT2D eigenvalue weighted by Gasteiger charge is -2.28. The van der Waals surface area contributed by atoms with Crippen LogP contribution in [0.1, 0.15) is 200 Å². The van der Waals surface area contributed by atoms with E-state index in [0.717, 1.165) is 96.3 Å². The second-order valence-electron chi connectivity index (χ2n) is 17.8. The van der Waals surface area contributed by atoms with Crippen molar-refractivity contribution < 1.29 is 42.1 Å².